The van der Waals surface area contributed by atoms with Gasteiger partial charge in [-0.1, -0.05) is 38.5 Å². The van der Waals surface area contributed by atoms with Crippen molar-refractivity contribution in [2.24, 2.45) is 0 Å². The standard InChI is InChI=1S/C12H23N.C5H14NO/c1-3-7-11(8-4-1)13-12-9-5-2-6-10-12;1-6(2,3)4-5-7/h11-13H,1-10H2;7H,4-5H2,1-3H3/q;+1. The molecule has 2 saturated carbocycles. The average molecular weight is 285 g/mol. The van der Waals surface area contributed by atoms with Crippen LogP contribution in [0.25, 0.3) is 0 Å². The zero-order valence-electron chi connectivity index (χ0n) is 14.0. The molecule has 0 heterocycles. The summed E-state index contributed by atoms with van der Waals surface area (Å²) < 4.78 is 0.844. The molecule has 0 bridgehead atoms. The van der Waals surface area contributed by atoms with Gasteiger partial charge >= 0.3 is 0 Å². The Kier molecular flexibility index (Phi) is 8.74. The maximum atomic E-state index is 8.39. The average Bonchev–Trinajstić information content (AvgIpc) is 2.40. The quantitative estimate of drug-likeness (QED) is 0.779. The maximum absolute atomic E-state index is 8.39. The second kappa shape index (κ2) is 9.75. The number of rotatable bonds is 4. The Labute approximate surface area is 126 Å². The van der Waals surface area contributed by atoms with Crippen LogP contribution in [0.3, 0.4) is 0 Å². The summed E-state index contributed by atoms with van der Waals surface area (Å²) in [6.45, 7) is 1.11. The molecule has 0 atom stereocenters. The van der Waals surface area contributed by atoms with E-state index in [2.05, 4.69) is 26.5 Å². The molecule has 0 aliphatic heterocycles. The molecular formula is C17H37N2O+. The third-order valence-electron chi connectivity index (χ3n) is 4.45. The number of aliphatic hydroxyl groups is 1. The molecule has 0 aromatic carbocycles. The molecule has 0 aromatic rings. The molecule has 120 valence electrons. The van der Waals surface area contributed by atoms with Crippen molar-refractivity contribution in [2.45, 2.75) is 76.3 Å². The highest BCUT2D eigenvalue weighted by atomic mass is 16.3. The van der Waals surface area contributed by atoms with Gasteiger partial charge in [0.1, 0.15) is 6.54 Å². The summed E-state index contributed by atoms with van der Waals surface area (Å²) in [5.74, 6) is 0. The number of likely N-dealkylation sites (N-methyl/N-ethyl adjacent to an activating group) is 1. The molecule has 0 aromatic heterocycles. The van der Waals surface area contributed by atoms with E-state index in [1.807, 2.05) is 0 Å². The Morgan fingerprint density at radius 2 is 1.20 bits per heavy atom. The van der Waals surface area contributed by atoms with Crippen molar-refractivity contribution in [3.8, 4) is 0 Å². The summed E-state index contributed by atoms with van der Waals surface area (Å²) >= 11 is 0. The van der Waals surface area contributed by atoms with Gasteiger partial charge in [0.25, 0.3) is 0 Å². The lowest BCUT2D eigenvalue weighted by Gasteiger charge is -2.30. The minimum Gasteiger partial charge on any atom is -0.391 e. The highest BCUT2D eigenvalue weighted by molar-refractivity contribution is 4.79. The van der Waals surface area contributed by atoms with Gasteiger partial charge in [-0.15, -0.1) is 0 Å². The SMILES string of the molecule is C1CCC(NC2CCCCC2)CC1.C[N+](C)(C)CCO. The van der Waals surface area contributed by atoms with E-state index in [0.717, 1.165) is 23.1 Å². The van der Waals surface area contributed by atoms with Gasteiger partial charge in [-0.2, -0.15) is 0 Å². The first kappa shape index (κ1) is 17.9. The zero-order valence-corrected chi connectivity index (χ0v) is 14.0. The van der Waals surface area contributed by atoms with Gasteiger partial charge in [0.2, 0.25) is 0 Å². The first-order valence-electron chi connectivity index (χ1n) is 8.68. The summed E-state index contributed by atoms with van der Waals surface area (Å²) in [5, 5.41) is 12.2. The molecule has 2 rings (SSSR count). The second-order valence-electron chi connectivity index (χ2n) is 7.57. The van der Waals surface area contributed by atoms with Crippen molar-refractivity contribution in [1.29, 1.82) is 0 Å². The largest absolute Gasteiger partial charge is 0.391 e. The number of quaternary nitrogens is 1. The molecule has 2 N–H and O–H groups in total. The van der Waals surface area contributed by atoms with Crippen molar-refractivity contribution in [1.82, 2.24) is 5.32 Å². The Balaban J connectivity index is 0.000000246. The minimum atomic E-state index is 0.281. The lowest BCUT2D eigenvalue weighted by Crippen LogP contribution is -2.40. The van der Waals surface area contributed by atoms with E-state index < -0.39 is 0 Å². The second-order valence-corrected chi connectivity index (χ2v) is 7.57. The third-order valence-corrected chi connectivity index (χ3v) is 4.45. The lowest BCUT2D eigenvalue weighted by atomic mass is 9.91. The summed E-state index contributed by atoms with van der Waals surface area (Å²) in [6.07, 6.45) is 14.6. The van der Waals surface area contributed by atoms with Gasteiger partial charge in [-0.3, -0.25) is 0 Å². The summed E-state index contributed by atoms with van der Waals surface area (Å²) in [6, 6.07) is 1.74. The van der Waals surface area contributed by atoms with Gasteiger partial charge < -0.3 is 14.9 Å². The molecular weight excluding hydrogens is 248 g/mol. The molecule has 20 heavy (non-hydrogen) atoms. The van der Waals surface area contributed by atoms with Crippen LogP contribution in [-0.4, -0.2) is 56.0 Å². The van der Waals surface area contributed by atoms with Crippen LogP contribution in [0.2, 0.25) is 0 Å². The van der Waals surface area contributed by atoms with E-state index in [0.29, 0.717) is 0 Å². The molecule has 2 aliphatic carbocycles. The number of aliphatic hydroxyl groups excluding tert-OH is 1. The molecule has 2 aliphatic rings. The number of nitrogens with one attached hydrogen (secondary N) is 1. The van der Waals surface area contributed by atoms with Crippen molar-refractivity contribution >= 4 is 0 Å². The highest BCUT2D eigenvalue weighted by Crippen LogP contribution is 2.22. The van der Waals surface area contributed by atoms with Crippen LogP contribution >= 0.6 is 0 Å². The van der Waals surface area contributed by atoms with Crippen LogP contribution in [0.15, 0.2) is 0 Å². The lowest BCUT2D eigenvalue weighted by molar-refractivity contribution is -0.870. The summed E-state index contributed by atoms with van der Waals surface area (Å²) in [4.78, 5) is 0. The number of hydrogen-bond donors (Lipinski definition) is 2. The molecule has 0 saturated heterocycles. The van der Waals surface area contributed by atoms with Crippen LogP contribution in [0.5, 0.6) is 0 Å². The van der Waals surface area contributed by atoms with Crippen molar-refractivity contribution in [3.05, 3.63) is 0 Å². The Hall–Kier alpha value is -0.120. The van der Waals surface area contributed by atoms with Gasteiger partial charge in [-0.05, 0) is 25.7 Å². The zero-order chi connectivity index (χ0) is 14.8. The van der Waals surface area contributed by atoms with Gasteiger partial charge in [0, 0.05) is 12.1 Å². The van der Waals surface area contributed by atoms with Crippen molar-refractivity contribution < 1.29 is 9.59 Å². The topological polar surface area (TPSA) is 32.3 Å². The van der Waals surface area contributed by atoms with Gasteiger partial charge in [0.15, 0.2) is 0 Å². The Morgan fingerprint density at radius 1 is 0.800 bits per heavy atom. The predicted octanol–water partition coefficient (Wildman–Crippen LogP) is 2.93. The predicted molar refractivity (Wildman–Crippen MR) is 86.9 cm³/mol. The van der Waals surface area contributed by atoms with E-state index in [4.69, 9.17) is 5.11 Å². The van der Waals surface area contributed by atoms with E-state index in [9.17, 15) is 0 Å². The van der Waals surface area contributed by atoms with E-state index >= 15 is 0 Å². The summed E-state index contributed by atoms with van der Waals surface area (Å²) in [7, 11) is 6.16. The minimum absolute atomic E-state index is 0.281. The Bertz CT molecular complexity index is 210. The van der Waals surface area contributed by atoms with Crippen LogP contribution < -0.4 is 5.32 Å². The Morgan fingerprint density at radius 3 is 1.45 bits per heavy atom. The van der Waals surface area contributed by atoms with E-state index in [-0.39, 0.29) is 6.61 Å². The normalized spacial score (nSPS) is 22.2. The van der Waals surface area contributed by atoms with Gasteiger partial charge in [-0.25, -0.2) is 0 Å². The van der Waals surface area contributed by atoms with Gasteiger partial charge in [0.05, 0.1) is 27.7 Å². The van der Waals surface area contributed by atoms with Crippen LogP contribution in [0.1, 0.15) is 64.2 Å². The van der Waals surface area contributed by atoms with Crippen LogP contribution in [0.4, 0.5) is 0 Å². The molecule has 0 radical (unpaired) electrons. The fourth-order valence-electron chi connectivity index (χ4n) is 3.17. The summed E-state index contributed by atoms with van der Waals surface area (Å²) in [5.41, 5.74) is 0. The highest BCUT2D eigenvalue weighted by Gasteiger charge is 2.19. The maximum Gasteiger partial charge on any atom is 0.101 e. The number of hydrogen-bond acceptors (Lipinski definition) is 2. The molecule has 0 amide bonds. The van der Waals surface area contributed by atoms with Crippen molar-refractivity contribution in [3.63, 3.8) is 0 Å². The van der Waals surface area contributed by atoms with Crippen LogP contribution in [-0.2, 0) is 0 Å². The fourth-order valence-corrected chi connectivity index (χ4v) is 3.17. The molecule has 3 nitrogen and oxygen atoms in total. The first-order chi connectivity index (χ1) is 9.51. The molecule has 3 heteroatoms. The van der Waals surface area contributed by atoms with Crippen LogP contribution in [0, 0.1) is 0 Å². The molecule has 2 fully saturated rings. The van der Waals surface area contributed by atoms with Crippen molar-refractivity contribution in [2.75, 3.05) is 34.3 Å². The van der Waals surface area contributed by atoms with E-state index in [1.165, 1.54) is 64.2 Å². The first-order valence-corrected chi connectivity index (χ1v) is 8.68. The third kappa shape index (κ3) is 8.93. The molecule has 0 unspecified atom stereocenters. The van der Waals surface area contributed by atoms with E-state index in [1.54, 1.807) is 0 Å². The monoisotopic (exact) mass is 285 g/mol. The molecule has 0 spiro atoms. The smallest absolute Gasteiger partial charge is 0.101 e. The number of nitrogens with zero attached hydrogens (tertiary/aromatic N) is 1. The fraction of sp³-hybridized carbons (Fsp3) is 1.00.